The average Bonchev–Trinajstić information content (AvgIpc) is 2.94. The third kappa shape index (κ3) is 2.38. The summed E-state index contributed by atoms with van der Waals surface area (Å²) in [5.41, 5.74) is -2.37. The fourth-order valence-corrected chi connectivity index (χ4v) is 4.09. The molecule has 6 heteroatoms. The molecule has 3 fully saturated rings. The monoisotopic (exact) mass is 328 g/mol. The first-order valence-corrected chi connectivity index (χ1v) is 8.49. The van der Waals surface area contributed by atoms with E-state index in [1.165, 1.54) is 0 Å². The number of Topliss-reactive ketones (excluding diaryl/α,β-unsaturated/α-hetero) is 1. The van der Waals surface area contributed by atoms with Crippen molar-refractivity contribution in [3.63, 3.8) is 0 Å². The fourth-order valence-electron chi connectivity index (χ4n) is 4.09. The van der Waals surface area contributed by atoms with E-state index in [0.29, 0.717) is 19.3 Å². The quantitative estimate of drug-likeness (QED) is 0.853. The minimum absolute atomic E-state index is 0.197. The zero-order valence-corrected chi connectivity index (χ0v) is 14.8. The van der Waals surface area contributed by atoms with Gasteiger partial charge in [-0.3, -0.25) is 4.79 Å². The molecule has 0 aromatic carbocycles. The number of carbonyl (C=O) groups excluding carboxylic acids is 1. The number of hydrogen-bond acceptors (Lipinski definition) is 6. The number of rotatable bonds is 3. The number of carbonyl (C=O) groups is 1. The molecule has 0 amide bonds. The van der Waals surface area contributed by atoms with E-state index < -0.39 is 41.1 Å². The minimum atomic E-state index is -1.25. The summed E-state index contributed by atoms with van der Waals surface area (Å²) in [5, 5.41) is 10.8. The van der Waals surface area contributed by atoms with Gasteiger partial charge in [-0.15, -0.1) is 0 Å². The van der Waals surface area contributed by atoms with Gasteiger partial charge in [-0.05, 0) is 40.5 Å². The molecule has 132 valence electrons. The van der Waals surface area contributed by atoms with Crippen molar-refractivity contribution < 1.29 is 28.8 Å². The smallest absolute Gasteiger partial charge is 0.196 e. The second-order valence-electron chi connectivity index (χ2n) is 7.87. The summed E-state index contributed by atoms with van der Waals surface area (Å²) in [5.74, 6) is -1.87. The maximum absolute atomic E-state index is 13.0. The van der Waals surface area contributed by atoms with Crippen LogP contribution in [0.15, 0.2) is 0 Å². The highest BCUT2D eigenvalue weighted by molar-refractivity contribution is 5.91. The number of ether oxygens (including phenoxy) is 4. The van der Waals surface area contributed by atoms with E-state index in [2.05, 4.69) is 0 Å². The van der Waals surface area contributed by atoms with Gasteiger partial charge in [0.05, 0.1) is 11.7 Å². The molecule has 0 aromatic heterocycles. The first kappa shape index (κ1) is 17.3. The van der Waals surface area contributed by atoms with Crippen LogP contribution in [0.25, 0.3) is 0 Å². The molecule has 2 saturated heterocycles. The van der Waals surface area contributed by atoms with Crippen molar-refractivity contribution in [3.05, 3.63) is 0 Å². The van der Waals surface area contributed by atoms with Gasteiger partial charge in [-0.2, -0.15) is 0 Å². The van der Waals surface area contributed by atoms with Crippen LogP contribution in [0.4, 0.5) is 0 Å². The number of fused-ring (bicyclic) bond motifs is 2. The topological polar surface area (TPSA) is 74.2 Å². The summed E-state index contributed by atoms with van der Waals surface area (Å²) in [6.07, 6.45) is -0.377. The van der Waals surface area contributed by atoms with Crippen LogP contribution in [0.1, 0.15) is 60.8 Å². The molecule has 1 aliphatic carbocycles. The minimum Gasteiger partial charge on any atom is -0.387 e. The first-order chi connectivity index (χ1) is 10.5. The lowest BCUT2D eigenvalue weighted by Crippen LogP contribution is -2.66. The van der Waals surface area contributed by atoms with Crippen molar-refractivity contribution in [2.45, 2.75) is 102 Å². The van der Waals surface area contributed by atoms with Crippen LogP contribution in [0.5, 0.6) is 0 Å². The maximum Gasteiger partial charge on any atom is 0.196 e. The third-order valence-corrected chi connectivity index (χ3v) is 5.46. The Labute approximate surface area is 137 Å². The van der Waals surface area contributed by atoms with Crippen LogP contribution >= 0.6 is 0 Å². The second-order valence-corrected chi connectivity index (χ2v) is 7.87. The highest BCUT2D eigenvalue weighted by Gasteiger charge is 2.71. The molecule has 0 bridgehead atoms. The van der Waals surface area contributed by atoms with E-state index in [9.17, 15) is 9.90 Å². The Kier molecular flexibility index (Phi) is 3.75. The van der Waals surface area contributed by atoms with Crippen molar-refractivity contribution in [1.82, 2.24) is 0 Å². The van der Waals surface area contributed by atoms with Crippen LogP contribution in [-0.4, -0.2) is 52.0 Å². The molecule has 4 atom stereocenters. The molecular formula is C17H28O6. The largest absolute Gasteiger partial charge is 0.387 e. The molecule has 6 nitrogen and oxygen atoms in total. The van der Waals surface area contributed by atoms with Crippen molar-refractivity contribution in [2.24, 2.45) is 0 Å². The van der Waals surface area contributed by atoms with E-state index in [4.69, 9.17) is 18.9 Å². The van der Waals surface area contributed by atoms with Gasteiger partial charge in [0.25, 0.3) is 0 Å². The summed E-state index contributed by atoms with van der Waals surface area (Å²) in [6.45, 7) is 10.8. The molecule has 2 aliphatic heterocycles. The zero-order chi connectivity index (χ0) is 17.3. The predicted octanol–water partition coefficient (Wildman–Crippen LogP) is 1.92. The van der Waals surface area contributed by atoms with Crippen LogP contribution in [0, 0.1) is 0 Å². The van der Waals surface area contributed by atoms with Crippen molar-refractivity contribution in [3.8, 4) is 0 Å². The molecular weight excluding hydrogens is 300 g/mol. The summed E-state index contributed by atoms with van der Waals surface area (Å²) < 4.78 is 24.1. The molecule has 23 heavy (non-hydrogen) atoms. The standard InChI is InChI=1S/C17H28O6/c1-7-16(8-2)22-13-11(18)12-10(20-15(5,6)21-12)9-17(13,23-16)14(3,4)19/h10,12-13,19H,7-9H2,1-6H3/t10-,12?,13+,17-/m1/s1. The highest BCUT2D eigenvalue weighted by atomic mass is 16.8. The lowest BCUT2D eigenvalue weighted by Gasteiger charge is -2.46. The van der Waals surface area contributed by atoms with Crippen LogP contribution in [0.2, 0.25) is 0 Å². The highest BCUT2D eigenvalue weighted by Crippen LogP contribution is 2.54. The van der Waals surface area contributed by atoms with Crippen molar-refractivity contribution in [1.29, 1.82) is 0 Å². The predicted molar refractivity (Wildman–Crippen MR) is 81.7 cm³/mol. The van der Waals surface area contributed by atoms with Crippen molar-refractivity contribution in [2.75, 3.05) is 0 Å². The summed E-state index contributed by atoms with van der Waals surface area (Å²) in [6, 6.07) is 0. The Balaban J connectivity index is 2.03. The normalized spacial score (nSPS) is 41.7. The van der Waals surface area contributed by atoms with Crippen molar-refractivity contribution >= 4 is 5.78 Å². The number of ketones is 1. The Bertz CT molecular complexity index is 504. The molecule has 1 unspecified atom stereocenters. The molecule has 1 N–H and O–H groups in total. The summed E-state index contributed by atoms with van der Waals surface area (Å²) in [7, 11) is 0. The molecule has 0 spiro atoms. The molecule has 0 aromatic rings. The molecule has 2 heterocycles. The summed E-state index contributed by atoms with van der Waals surface area (Å²) in [4.78, 5) is 13.0. The Morgan fingerprint density at radius 2 is 1.78 bits per heavy atom. The number of hydrogen-bond donors (Lipinski definition) is 1. The molecule has 1 saturated carbocycles. The average molecular weight is 328 g/mol. The van der Waals surface area contributed by atoms with Gasteiger partial charge in [-0.1, -0.05) is 13.8 Å². The van der Waals surface area contributed by atoms with Gasteiger partial charge in [0.1, 0.15) is 11.7 Å². The SMILES string of the molecule is CCC1(CC)O[C@H]2C(=O)C3OC(C)(C)O[C@@H]3C[C@@]2(C(C)(C)O)O1. The summed E-state index contributed by atoms with van der Waals surface area (Å²) >= 11 is 0. The van der Waals surface area contributed by atoms with E-state index in [1.54, 1.807) is 27.7 Å². The molecule has 3 aliphatic rings. The second kappa shape index (κ2) is 4.99. The van der Waals surface area contributed by atoms with Gasteiger partial charge in [-0.25, -0.2) is 0 Å². The van der Waals surface area contributed by atoms with Gasteiger partial charge < -0.3 is 24.1 Å². The Morgan fingerprint density at radius 3 is 2.30 bits per heavy atom. The fraction of sp³-hybridized carbons (Fsp3) is 0.941. The number of aliphatic hydroxyl groups is 1. The van der Waals surface area contributed by atoms with Crippen LogP contribution in [-0.2, 0) is 23.7 Å². The van der Waals surface area contributed by atoms with Crippen LogP contribution < -0.4 is 0 Å². The van der Waals surface area contributed by atoms with Gasteiger partial charge in [0.2, 0.25) is 0 Å². The lowest BCUT2D eigenvalue weighted by molar-refractivity contribution is -0.236. The molecule has 0 radical (unpaired) electrons. The van der Waals surface area contributed by atoms with Gasteiger partial charge >= 0.3 is 0 Å². The maximum atomic E-state index is 13.0. The van der Waals surface area contributed by atoms with Gasteiger partial charge in [0, 0.05) is 6.42 Å². The zero-order valence-electron chi connectivity index (χ0n) is 14.8. The van der Waals surface area contributed by atoms with Gasteiger partial charge in [0.15, 0.2) is 23.5 Å². The lowest BCUT2D eigenvalue weighted by atomic mass is 9.70. The molecule has 3 rings (SSSR count). The third-order valence-electron chi connectivity index (χ3n) is 5.46. The van der Waals surface area contributed by atoms with E-state index in [0.717, 1.165) is 0 Å². The van der Waals surface area contributed by atoms with E-state index in [1.807, 2.05) is 13.8 Å². The Morgan fingerprint density at radius 1 is 1.17 bits per heavy atom. The Hall–Kier alpha value is -0.530. The van der Waals surface area contributed by atoms with E-state index >= 15 is 0 Å². The van der Waals surface area contributed by atoms with E-state index in [-0.39, 0.29) is 5.78 Å². The first-order valence-electron chi connectivity index (χ1n) is 8.49. The van der Waals surface area contributed by atoms with Crippen LogP contribution in [0.3, 0.4) is 0 Å².